The fourth-order valence-electron chi connectivity index (χ4n) is 2.50. The molecule has 2 unspecified atom stereocenters. The van der Waals surface area contributed by atoms with E-state index < -0.39 is 0 Å². The van der Waals surface area contributed by atoms with Crippen molar-refractivity contribution < 1.29 is 4.74 Å². The number of ether oxygens (including phenoxy) is 1. The predicted molar refractivity (Wildman–Crippen MR) is 70.4 cm³/mol. The Morgan fingerprint density at radius 3 is 2.89 bits per heavy atom. The van der Waals surface area contributed by atoms with E-state index in [-0.39, 0.29) is 12.1 Å². The second-order valence-electron chi connectivity index (χ2n) is 4.84. The van der Waals surface area contributed by atoms with Crippen LogP contribution in [0.5, 0.6) is 5.88 Å². The number of hydrogen-bond donors (Lipinski definition) is 1. The molecule has 94 valence electrons. The molecule has 1 aliphatic rings. The van der Waals surface area contributed by atoms with Gasteiger partial charge in [0, 0.05) is 16.8 Å². The van der Waals surface area contributed by atoms with Crippen molar-refractivity contribution >= 4 is 10.8 Å². The smallest absolute Gasteiger partial charge is 0.241 e. The Labute approximate surface area is 106 Å². The lowest BCUT2D eigenvalue weighted by Gasteiger charge is -2.28. The van der Waals surface area contributed by atoms with E-state index >= 15 is 0 Å². The third kappa shape index (κ3) is 2.16. The van der Waals surface area contributed by atoms with E-state index in [9.17, 15) is 0 Å². The minimum Gasteiger partial charge on any atom is -0.471 e. The van der Waals surface area contributed by atoms with Crippen molar-refractivity contribution in [1.29, 1.82) is 0 Å². The zero-order valence-electron chi connectivity index (χ0n) is 10.2. The highest BCUT2D eigenvalue weighted by Crippen LogP contribution is 2.26. The van der Waals surface area contributed by atoms with Gasteiger partial charge in [0.15, 0.2) is 0 Å². The summed E-state index contributed by atoms with van der Waals surface area (Å²) in [6.07, 6.45) is 6.23. The standard InChI is InChI=1S/C14H17N3O/c15-12-7-3-4-8-13(12)18-14-11-6-2-1-5-10(11)9-16-17-14/h1-2,5-6,9,12-13H,3-4,7-8,15H2. The van der Waals surface area contributed by atoms with E-state index in [1.807, 2.05) is 24.3 Å². The number of rotatable bonds is 2. The van der Waals surface area contributed by atoms with Crippen molar-refractivity contribution in [2.75, 3.05) is 0 Å². The van der Waals surface area contributed by atoms with Crippen LogP contribution >= 0.6 is 0 Å². The predicted octanol–water partition coefficient (Wildman–Crippen LogP) is 2.28. The summed E-state index contributed by atoms with van der Waals surface area (Å²) in [6.45, 7) is 0. The van der Waals surface area contributed by atoms with Crippen LogP contribution in [0.2, 0.25) is 0 Å². The van der Waals surface area contributed by atoms with Crippen molar-refractivity contribution in [2.24, 2.45) is 5.73 Å². The third-order valence-electron chi connectivity index (χ3n) is 3.55. The molecule has 4 heteroatoms. The summed E-state index contributed by atoms with van der Waals surface area (Å²) >= 11 is 0. The highest BCUT2D eigenvalue weighted by atomic mass is 16.5. The van der Waals surface area contributed by atoms with Gasteiger partial charge in [-0.05, 0) is 25.3 Å². The molecule has 0 radical (unpaired) electrons. The number of nitrogens with zero attached hydrogens (tertiary/aromatic N) is 2. The second-order valence-corrected chi connectivity index (χ2v) is 4.84. The van der Waals surface area contributed by atoms with Gasteiger partial charge in [-0.1, -0.05) is 24.6 Å². The molecule has 1 aromatic carbocycles. The Morgan fingerprint density at radius 2 is 2.00 bits per heavy atom. The molecule has 1 saturated carbocycles. The topological polar surface area (TPSA) is 61.0 Å². The number of hydrogen-bond acceptors (Lipinski definition) is 4. The van der Waals surface area contributed by atoms with Crippen LogP contribution in [0.25, 0.3) is 10.8 Å². The highest BCUT2D eigenvalue weighted by molar-refractivity contribution is 5.85. The molecule has 2 atom stereocenters. The van der Waals surface area contributed by atoms with E-state index in [4.69, 9.17) is 10.5 Å². The van der Waals surface area contributed by atoms with Gasteiger partial charge in [0.05, 0.1) is 6.20 Å². The molecule has 0 spiro atoms. The minimum absolute atomic E-state index is 0.0684. The zero-order valence-corrected chi connectivity index (χ0v) is 10.2. The summed E-state index contributed by atoms with van der Waals surface area (Å²) < 4.78 is 5.98. The van der Waals surface area contributed by atoms with Crippen LogP contribution in [0.1, 0.15) is 25.7 Å². The zero-order chi connectivity index (χ0) is 12.4. The number of benzene rings is 1. The molecule has 0 amide bonds. The highest BCUT2D eigenvalue weighted by Gasteiger charge is 2.24. The quantitative estimate of drug-likeness (QED) is 0.879. The van der Waals surface area contributed by atoms with Crippen molar-refractivity contribution in [3.05, 3.63) is 30.5 Å². The number of fused-ring (bicyclic) bond motifs is 1. The van der Waals surface area contributed by atoms with Crippen molar-refractivity contribution in [2.45, 2.75) is 37.8 Å². The van der Waals surface area contributed by atoms with Gasteiger partial charge in [0.1, 0.15) is 6.10 Å². The van der Waals surface area contributed by atoms with E-state index in [2.05, 4.69) is 10.2 Å². The first-order valence-electron chi connectivity index (χ1n) is 6.47. The van der Waals surface area contributed by atoms with E-state index in [0.717, 1.165) is 23.6 Å². The maximum absolute atomic E-state index is 6.10. The van der Waals surface area contributed by atoms with Crippen LogP contribution < -0.4 is 10.5 Å². The molecular formula is C14H17N3O. The Hall–Kier alpha value is -1.68. The first-order chi connectivity index (χ1) is 8.84. The molecule has 2 N–H and O–H groups in total. The second kappa shape index (κ2) is 4.90. The van der Waals surface area contributed by atoms with Crippen LogP contribution in [-0.2, 0) is 0 Å². The summed E-state index contributed by atoms with van der Waals surface area (Å²) in [6, 6.07) is 8.10. The summed E-state index contributed by atoms with van der Waals surface area (Å²) in [5.74, 6) is 0.607. The van der Waals surface area contributed by atoms with Gasteiger partial charge in [-0.2, -0.15) is 5.10 Å². The minimum atomic E-state index is 0.0684. The Kier molecular flexibility index (Phi) is 3.11. The van der Waals surface area contributed by atoms with Crippen LogP contribution in [0, 0.1) is 0 Å². The summed E-state index contributed by atoms with van der Waals surface area (Å²) in [5.41, 5.74) is 6.10. The van der Waals surface area contributed by atoms with Gasteiger partial charge in [-0.15, -0.1) is 5.10 Å². The lowest BCUT2D eigenvalue weighted by Crippen LogP contribution is -2.41. The Bertz CT molecular complexity index is 538. The number of aromatic nitrogens is 2. The molecule has 0 bridgehead atoms. The van der Waals surface area contributed by atoms with Crippen LogP contribution in [0.3, 0.4) is 0 Å². The Balaban J connectivity index is 1.90. The Morgan fingerprint density at radius 1 is 1.17 bits per heavy atom. The van der Waals surface area contributed by atoms with Gasteiger partial charge in [0.25, 0.3) is 0 Å². The molecule has 18 heavy (non-hydrogen) atoms. The molecule has 0 aliphatic heterocycles. The van der Waals surface area contributed by atoms with E-state index in [0.29, 0.717) is 5.88 Å². The molecular weight excluding hydrogens is 226 g/mol. The fraction of sp³-hybridized carbons (Fsp3) is 0.429. The molecule has 0 saturated heterocycles. The average molecular weight is 243 g/mol. The molecule has 1 heterocycles. The lowest BCUT2D eigenvalue weighted by molar-refractivity contribution is 0.127. The molecule has 4 nitrogen and oxygen atoms in total. The van der Waals surface area contributed by atoms with Crippen LogP contribution in [0.15, 0.2) is 30.5 Å². The molecule has 2 aromatic rings. The van der Waals surface area contributed by atoms with Gasteiger partial charge in [0.2, 0.25) is 5.88 Å². The van der Waals surface area contributed by atoms with Crippen molar-refractivity contribution in [1.82, 2.24) is 10.2 Å². The SMILES string of the molecule is NC1CCCCC1Oc1nncc2ccccc12. The van der Waals surface area contributed by atoms with Gasteiger partial charge in [-0.25, -0.2) is 0 Å². The summed E-state index contributed by atoms with van der Waals surface area (Å²) in [4.78, 5) is 0. The average Bonchev–Trinajstić information content (AvgIpc) is 2.42. The van der Waals surface area contributed by atoms with Crippen LogP contribution in [-0.4, -0.2) is 22.3 Å². The van der Waals surface area contributed by atoms with Crippen molar-refractivity contribution in [3.8, 4) is 5.88 Å². The van der Waals surface area contributed by atoms with Gasteiger partial charge < -0.3 is 10.5 Å². The normalized spacial score (nSPS) is 24.1. The molecule has 1 aromatic heterocycles. The van der Waals surface area contributed by atoms with Gasteiger partial charge in [-0.3, -0.25) is 0 Å². The molecule has 3 rings (SSSR count). The first-order valence-corrected chi connectivity index (χ1v) is 6.47. The van der Waals surface area contributed by atoms with Crippen LogP contribution in [0.4, 0.5) is 0 Å². The first kappa shape index (κ1) is 11.4. The summed E-state index contributed by atoms with van der Waals surface area (Å²) in [5, 5.41) is 10.1. The maximum Gasteiger partial charge on any atom is 0.241 e. The lowest BCUT2D eigenvalue weighted by atomic mass is 9.93. The van der Waals surface area contributed by atoms with Gasteiger partial charge >= 0.3 is 0 Å². The van der Waals surface area contributed by atoms with E-state index in [1.54, 1.807) is 6.20 Å². The largest absolute Gasteiger partial charge is 0.471 e. The number of nitrogens with two attached hydrogens (primary N) is 1. The maximum atomic E-state index is 6.10. The van der Waals surface area contributed by atoms with E-state index in [1.165, 1.54) is 12.8 Å². The monoisotopic (exact) mass is 243 g/mol. The fourth-order valence-corrected chi connectivity index (χ4v) is 2.50. The molecule has 1 aliphatic carbocycles. The third-order valence-corrected chi connectivity index (χ3v) is 3.55. The molecule has 1 fully saturated rings. The summed E-state index contributed by atoms with van der Waals surface area (Å²) in [7, 11) is 0. The van der Waals surface area contributed by atoms with Crippen molar-refractivity contribution in [3.63, 3.8) is 0 Å².